The molecule has 2 rings (SSSR count). The highest BCUT2D eigenvalue weighted by molar-refractivity contribution is 5.77. The molecule has 0 spiro atoms. The van der Waals surface area contributed by atoms with Gasteiger partial charge < -0.3 is 9.90 Å². The van der Waals surface area contributed by atoms with E-state index < -0.39 is 0 Å². The Morgan fingerprint density at radius 3 is 2.36 bits per heavy atom. The number of carbonyl (C=O) groups excluding carboxylic acids is 1. The lowest BCUT2D eigenvalue weighted by Crippen LogP contribution is -1.74. The van der Waals surface area contributed by atoms with Crippen LogP contribution in [0.5, 0.6) is 5.75 Å². The largest absolute Gasteiger partial charge is 0.504 e. The van der Waals surface area contributed by atoms with Gasteiger partial charge in [0.15, 0.2) is 5.75 Å². The van der Waals surface area contributed by atoms with E-state index in [9.17, 15) is 0 Å². The first kappa shape index (κ1) is 7.40. The minimum Gasteiger partial charge on any atom is -0.504 e. The highest BCUT2D eigenvalue weighted by Crippen LogP contribution is 2.26. The van der Waals surface area contributed by atoms with E-state index in [0.29, 0.717) is 11.2 Å². The van der Waals surface area contributed by atoms with Gasteiger partial charge in [0, 0.05) is 0 Å². The molecule has 58 valence electrons. The molecule has 0 aliphatic rings. The molecule has 0 saturated heterocycles. The highest BCUT2D eigenvalue weighted by Gasteiger charge is 2.06. The van der Waals surface area contributed by atoms with Crippen LogP contribution < -0.4 is 0 Å². The SMILES string of the molecule is C=O.Oc1cccc2ooc12. The van der Waals surface area contributed by atoms with Gasteiger partial charge in [-0.3, -0.25) is 9.15 Å². The van der Waals surface area contributed by atoms with Gasteiger partial charge in [0.25, 0.3) is 5.58 Å². The minimum absolute atomic E-state index is 0.124. The topological polar surface area (TPSA) is 63.6 Å². The summed E-state index contributed by atoms with van der Waals surface area (Å²) in [6, 6.07) is 4.95. The number of phenolic OH excluding ortho intramolecular Hbond substituents is 1. The Morgan fingerprint density at radius 1 is 1.27 bits per heavy atom. The van der Waals surface area contributed by atoms with Crippen molar-refractivity contribution in [2.24, 2.45) is 0 Å². The van der Waals surface area contributed by atoms with E-state index in [-0.39, 0.29) is 5.75 Å². The van der Waals surface area contributed by atoms with E-state index in [4.69, 9.17) is 9.90 Å². The summed E-state index contributed by atoms with van der Waals surface area (Å²) >= 11 is 0. The Balaban J connectivity index is 0.000000281. The predicted molar refractivity (Wildman–Crippen MR) is 37.3 cm³/mol. The highest BCUT2D eigenvalue weighted by atomic mass is 17.0. The van der Waals surface area contributed by atoms with Gasteiger partial charge in [0.1, 0.15) is 6.79 Å². The zero-order valence-corrected chi connectivity index (χ0v) is 5.61. The lowest BCUT2D eigenvalue weighted by Gasteiger charge is -1.97. The fraction of sp³-hybridized carbons (Fsp3) is 0. The maximum absolute atomic E-state index is 8.95. The number of aromatic hydroxyl groups is 1. The molecule has 0 aliphatic heterocycles. The Labute approximate surface area is 62.0 Å². The van der Waals surface area contributed by atoms with Crippen molar-refractivity contribution < 1.29 is 19.1 Å². The van der Waals surface area contributed by atoms with Crippen LogP contribution in [0.25, 0.3) is 11.2 Å². The summed E-state index contributed by atoms with van der Waals surface area (Å²) in [6.45, 7) is 2.00. The van der Waals surface area contributed by atoms with Crippen LogP contribution in [-0.2, 0) is 4.79 Å². The van der Waals surface area contributed by atoms with E-state index in [1.54, 1.807) is 18.2 Å². The number of hydrogen-bond acceptors (Lipinski definition) is 4. The second kappa shape index (κ2) is 2.92. The molecule has 0 amide bonds. The van der Waals surface area contributed by atoms with E-state index in [2.05, 4.69) is 9.15 Å². The molecular weight excluding hydrogens is 148 g/mol. The van der Waals surface area contributed by atoms with Crippen LogP contribution in [0, 0.1) is 0 Å². The molecule has 0 unspecified atom stereocenters. The lowest BCUT2D eigenvalue weighted by molar-refractivity contribution is -0.0979. The lowest BCUT2D eigenvalue weighted by atomic mass is 10.3. The average Bonchev–Trinajstić information content (AvgIpc) is 1.98. The number of fused-ring (bicyclic) bond motifs is 1. The molecule has 0 aliphatic carbocycles. The van der Waals surface area contributed by atoms with Gasteiger partial charge in [-0.25, -0.2) is 0 Å². The van der Waals surface area contributed by atoms with Gasteiger partial charge in [-0.15, -0.1) is 0 Å². The van der Waals surface area contributed by atoms with E-state index in [1.807, 2.05) is 6.79 Å². The zero-order chi connectivity index (χ0) is 8.27. The standard InChI is InChI=1S/C6H4O3.CH2O/c7-4-2-1-3-5-6(4)9-8-5;1-2/h1-3,7H;1H2. The maximum atomic E-state index is 8.95. The molecule has 4 heteroatoms. The number of benzene rings is 1. The number of carbonyl (C=O) groups is 1. The Morgan fingerprint density at radius 2 is 2.00 bits per heavy atom. The number of hydrogen-bond donors (Lipinski definition) is 1. The Hall–Kier alpha value is -1.71. The van der Waals surface area contributed by atoms with Crippen LogP contribution in [0.15, 0.2) is 27.4 Å². The summed E-state index contributed by atoms with van der Waals surface area (Å²) in [6.07, 6.45) is 0. The van der Waals surface area contributed by atoms with Crippen LogP contribution in [0.4, 0.5) is 0 Å². The van der Waals surface area contributed by atoms with Crippen molar-refractivity contribution in [3.05, 3.63) is 18.2 Å². The summed E-state index contributed by atoms with van der Waals surface area (Å²) in [5, 5.41) is 8.95. The molecule has 0 bridgehead atoms. The van der Waals surface area contributed by atoms with Crippen molar-refractivity contribution in [2.45, 2.75) is 0 Å². The van der Waals surface area contributed by atoms with Crippen molar-refractivity contribution in [3.63, 3.8) is 0 Å². The van der Waals surface area contributed by atoms with Crippen LogP contribution >= 0.6 is 0 Å². The molecule has 1 aromatic heterocycles. The van der Waals surface area contributed by atoms with Crippen molar-refractivity contribution in [2.75, 3.05) is 0 Å². The first-order chi connectivity index (χ1) is 5.38. The molecule has 1 N–H and O–H groups in total. The average molecular weight is 154 g/mol. The molecule has 0 saturated carbocycles. The number of phenols is 1. The summed E-state index contributed by atoms with van der Waals surface area (Å²) in [5.41, 5.74) is 1.02. The molecule has 0 fully saturated rings. The van der Waals surface area contributed by atoms with Crippen molar-refractivity contribution >= 4 is 18.0 Å². The fourth-order valence-corrected chi connectivity index (χ4v) is 0.706. The molecule has 0 atom stereocenters. The number of para-hydroxylation sites is 1. The molecule has 11 heavy (non-hydrogen) atoms. The fourth-order valence-electron chi connectivity index (χ4n) is 0.706. The molecule has 0 radical (unpaired) electrons. The van der Waals surface area contributed by atoms with Crippen LogP contribution in [0.2, 0.25) is 0 Å². The first-order valence-corrected chi connectivity index (χ1v) is 2.83. The first-order valence-electron chi connectivity index (χ1n) is 2.83. The van der Waals surface area contributed by atoms with Crippen molar-refractivity contribution in [3.8, 4) is 5.75 Å². The number of rotatable bonds is 0. The smallest absolute Gasteiger partial charge is 0.267 e. The van der Waals surface area contributed by atoms with E-state index in [1.165, 1.54) is 0 Å². The quantitative estimate of drug-likeness (QED) is 0.584. The Bertz CT molecular complexity index is 333. The maximum Gasteiger partial charge on any atom is 0.267 e. The summed E-state index contributed by atoms with van der Waals surface area (Å²) in [5.74, 6) is 0.124. The molecular formula is C7H6O4. The second-order valence-electron chi connectivity index (χ2n) is 1.77. The van der Waals surface area contributed by atoms with Crippen LogP contribution in [0.1, 0.15) is 0 Å². The minimum atomic E-state index is 0.124. The van der Waals surface area contributed by atoms with E-state index >= 15 is 0 Å². The zero-order valence-electron chi connectivity index (χ0n) is 5.61. The van der Waals surface area contributed by atoms with Crippen molar-refractivity contribution in [1.82, 2.24) is 0 Å². The van der Waals surface area contributed by atoms with Crippen LogP contribution in [0.3, 0.4) is 0 Å². The summed E-state index contributed by atoms with van der Waals surface area (Å²) in [7, 11) is 0. The van der Waals surface area contributed by atoms with Gasteiger partial charge in [-0.1, -0.05) is 6.07 Å². The third-order valence-corrected chi connectivity index (χ3v) is 1.17. The van der Waals surface area contributed by atoms with Crippen LogP contribution in [-0.4, -0.2) is 11.9 Å². The van der Waals surface area contributed by atoms with Gasteiger partial charge in [0.2, 0.25) is 5.58 Å². The van der Waals surface area contributed by atoms with E-state index in [0.717, 1.165) is 0 Å². The molecule has 4 nitrogen and oxygen atoms in total. The van der Waals surface area contributed by atoms with Gasteiger partial charge in [-0.05, 0) is 12.1 Å². The van der Waals surface area contributed by atoms with Crippen molar-refractivity contribution in [1.29, 1.82) is 0 Å². The van der Waals surface area contributed by atoms with Gasteiger partial charge >= 0.3 is 0 Å². The van der Waals surface area contributed by atoms with Gasteiger partial charge in [0.05, 0.1) is 0 Å². The molecule has 2 aromatic rings. The normalized spacial score (nSPS) is 9.09. The monoisotopic (exact) mass is 154 g/mol. The Kier molecular flexibility index (Phi) is 1.96. The summed E-state index contributed by atoms with van der Waals surface area (Å²) < 4.78 is 8.95. The van der Waals surface area contributed by atoms with Gasteiger partial charge in [-0.2, -0.15) is 0 Å². The molecule has 1 aromatic carbocycles. The predicted octanol–water partition coefficient (Wildman–Crippen LogP) is 1.55. The second-order valence-corrected chi connectivity index (χ2v) is 1.77. The molecule has 1 heterocycles. The summed E-state index contributed by atoms with van der Waals surface area (Å²) in [4.78, 5) is 8.00. The third-order valence-electron chi connectivity index (χ3n) is 1.17. The third kappa shape index (κ3) is 1.10.